The third-order valence-electron chi connectivity index (χ3n) is 2.93. The molecule has 10 heteroatoms. The van der Waals surface area contributed by atoms with Crippen LogP contribution in [-0.2, 0) is 4.79 Å². The number of nitrogens with zero attached hydrogens (tertiary/aromatic N) is 2. The highest BCUT2D eigenvalue weighted by atomic mass is 16.6. The molecule has 3 N–H and O–H groups in total. The molecule has 0 saturated heterocycles. The molecule has 1 aromatic heterocycles. The number of benzene rings is 1. The Balaban J connectivity index is 1.78. The number of aromatic nitrogens is 2. The first-order chi connectivity index (χ1) is 11.0. The molecule has 1 aromatic carbocycles. The fourth-order valence-corrected chi connectivity index (χ4v) is 1.87. The van der Waals surface area contributed by atoms with Crippen molar-refractivity contribution in [2.45, 2.75) is 6.10 Å². The molecular weight excluding hydrogens is 308 g/mol. The van der Waals surface area contributed by atoms with E-state index in [0.717, 1.165) is 0 Å². The average Bonchev–Trinajstić information content (AvgIpc) is 2.53. The Morgan fingerprint density at radius 1 is 1.22 bits per heavy atom. The van der Waals surface area contributed by atoms with Gasteiger partial charge in [-0.1, -0.05) is 12.1 Å². The summed E-state index contributed by atoms with van der Waals surface area (Å²) in [5.74, 6) is -0.703. The minimum atomic E-state index is -1.03. The van der Waals surface area contributed by atoms with Crippen molar-refractivity contribution in [1.29, 1.82) is 0 Å². The molecule has 2 aromatic rings. The maximum absolute atomic E-state index is 11.9. The molecule has 1 amide bonds. The minimum Gasteiger partial charge on any atom is -0.493 e. The van der Waals surface area contributed by atoms with Crippen LogP contribution in [0.15, 0.2) is 44.1 Å². The Bertz CT molecular complexity index is 900. The molecule has 118 valence electrons. The van der Waals surface area contributed by atoms with Gasteiger partial charge in [-0.15, -0.1) is 10.2 Å². The van der Waals surface area contributed by atoms with E-state index < -0.39 is 34.8 Å². The van der Waals surface area contributed by atoms with Crippen molar-refractivity contribution in [3.05, 3.63) is 45.1 Å². The van der Waals surface area contributed by atoms with E-state index in [1.54, 1.807) is 24.3 Å². The lowest BCUT2D eigenvalue weighted by Crippen LogP contribution is -2.35. The predicted octanol–water partition coefficient (Wildman–Crippen LogP) is 0.219. The number of nitrogens with one attached hydrogen (secondary N) is 2. The Morgan fingerprint density at radius 3 is 2.70 bits per heavy atom. The summed E-state index contributed by atoms with van der Waals surface area (Å²) in [4.78, 5) is 38.1. The van der Waals surface area contributed by atoms with Crippen LogP contribution in [0.4, 0.5) is 5.69 Å². The standard InChI is InChI=1S/C13H10N4O6/c18-10(8-5-22-6-3-1-2-4-7(6)23-8)17-16-9-11(19)14-13(21)15-12(9)20/h1-4,8H,5H2,(H3,14,15,19,20,21)/t8-/m0/s1. The fraction of sp³-hybridized carbons (Fsp3) is 0.154. The van der Waals surface area contributed by atoms with Crippen molar-refractivity contribution < 1.29 is 19.4 Å². The third-order valence-corrected chi connectivity index (χ3v) is 2.93. The van der Waals surface area contributed by atoms with Crippen LogP contribution in [0.25, 0.3) is 0 Å². The van der Waals surface area contributed by atoms with E-state index in [1.165, 1.54) is 0 Å². The molecule has 0 aliphatic carbocycles. The van der Waals surface area contributed by atoms with E-state index in [9.17, 15) is 19.5 Å². The number of para-hydroxylation sites is 2. The molecular formula is C13H10N4O6. The second kappa shape index (κ2) is 5.75. The topological polar surface area (TPSA) is 146 Å². The highest BCUT2D eigenvalue weighted by Crippen LogP contribution is 2.31. The molecule has 1 aliphatic rings. The van der Waals surface area contributed by atoms with Crippen LogP contribution in [0.2, 0.25) is 0 Å². The largest absolute Gasteiger partial charge is 0.493 e. The van der Waals surface area contributed by atoms with Gasteiger partial charge >= 0.3 is 11.6 Å². The van der Waals surface area contributed by atoms with E-state index >= 15 is 0 Å². The van der Waals surface area contributed by atoms with Gasteiger partial charge in [0.2, 0.25) is 17.7 Å². The number of hydrogen-bond acceptors (Lipinski definition) is 7. The van der Waals surface area contributed by atoms with Gasteiger partial charge in [0, 0.05) is 0 Å². The number of H-pyrrole nitrogens is 2. The van der Waals surface area contributed by atoms with Crippen molar-refractivity contribution in [3.8, 4) is 17.4 Å². The molecule has 23 heavy (non-hydrogen) atoms. The molecule has 2 heterocycles. The van der Waals surface area contributed by atoms with E-state index in [0.29, 0.717) is 11.5 Å². The number of aromatic amines is 2. The highest BCUT2D eigenvalue weighted by Gasteiger charge is 2.27. The summed E-state index contributed by atoms with van der Waals surface area (Å²) in [5, 5.41) is 16.1. The normalized spacial score (nSPS) is 16.4. The Kier molecular flexibility index (Phi) is 3.63. The number of rotatable bonds is 2. The van der Waals surface area contributed by atoms with E-state index in [4.69, 9.17) is 9.47 Å². The summed E-state index contributed by atoms with van der Waals surface area (Å²) in [5.41, 5.74) is -2.47. The zero-order chi connectivity index (χ0) is 16.4. The molecule has 0 unspecified atom stereocenters. The van der Waals surface area contributed by atoms with Gasteiger partial charge in [0.15, 0.2) is 11.5 Å². The lowest BCUT2D eigenvalue weighted by Gasteiger charge is -2.23. The summed E-state index contributed by atoms with van der Waals surface area (Å²) < 4.78 is 10.8. The lowest BCUT2D eigenvalue weighted by molar-refractivity contribution is -0.127. The number of ether oxygens (including phenoxy) is 2. The Labute approximate surface area is 127 Å². The SMILES string of the molecule is O=C(N=Nc1c(O)[nH]c(=O)[nH]c1=O)[C@@H]1COc2ccccc2O1. The molecule has 0 saturated carbocycles. The summed E-state index contributed by atoms with van der Waals surface area (Å²) in [7, 11) is 0. The average molecular weight is 318 g/mol. The van der Waals surface area contributed by atoms with E-state index in [-0.39, 0.29) is 6.61 Å². The number of fused-ring (bicyclic) bond motifs is 1. The monoisotopic (exact) mass is 318 g/mol. The van der Waals surface area contributed by atoms with Crippen molar-refractivity contribution in [3.63, 3.8) is 0 Å². The fourth-order valence-electron chi connectivity index (χ4n) is 1.87. The first-order valence-electron chi connectivity index (χ1n) is 6.44. The molecule has 10 nitrogen and oxygen atoms in total. The number of carbonyl (C=O) groups is 1. The quantitative estimate of drug-likeness (QED) is 0.675. The van der Waals surface area contributed by atoms with Gasteiger partial charge in [-0.05, 0) is 12.1 Å². The second-order valence-corrected chi connectivity index (χ2v) is 4.51. The summed E-state index contributed by atoms with van der Waals surface area (Å²) in [6.07, 6.45) is -1.03. The molecule has 0 bridgehead atoms. The van der Waals surface area contributed by atoms with Crippen molar-refractivity contribution in [2.75, 3.05) is 6.61 Å². The second-order valence-electron chi connectivity index (χ2n) is 4.51. The number of aromatic hydroxyl groups is 1. The molecule has 0 fully saturated rings. The van der Waals surface area contributed by atoms with Gasteiger partial charge in [0.25, 0.3) is 5.56 Å². The molecule has 0 spiro atoms. The Morgan fingerprint density at radius 2 is 1.96 bits per heavy atom. The van der Waals surface area contributed by atoms with Gasteiger partial charge in [0.1, 0.15) is 6.61 Å². The van der Waals surface area contributed by atoms with Crippen molar-refractivity contribution in [2.24, 2.45) is 10.2 Å². The minimum absolute atomic E-state index is 0.0666. The number of amides is 1. The summed E-state index contributed by atoms with van der Waals surface area (Å²) >= 11 is 0. The van der Waals surface area contributed by atoms with E-state index in [2.05, 4.69) is 10.2 Å². The van der Waals surface area contributed by atoms with Crippen LogP contribution in [0.5, 0.6) is 17.4 Å². The lowest BCUT2D eigenvalue weighted by atomic mass is 10.2. The molecule has 1 aliphatic heterocycles. The van der Waals surface area contributed by atoms with Crippen molar-refractivity contribution in [1.82, 2.24) is 9.97 Å². The maximum atomic E-state index is 11.9. The van der Waals surface area contributed by atoms with Crippen molar-refractivity contribution >= 4 is 11.6 Å². The first kappa shape index (κ1) is 14.5. The molecule has 0 radical (unpaired) electrons. The third kappa shape index (κ3) is 2.95. The van der Waals surface area contributed by atoms with E-state index in [1.807, 2.05) is 9.97 Å². The van der Waals surface area contributed by atoms with Gasteiger partial charge in [-0.2, -0.15) is 0 Å². The van der Waals surface area contributed by atoms with Crippen LogP contribution in [0.3, 0.4) is 0 Å². The smallest absolute Gasteiger partial charge is 0.328 e. The zero-order valence-electron chi connectivity index (χ0n) is 11.5. The number of carbonyl (C=O) groups excluding carboxylic acids is 1. The van der Waals surface area contributed by atoms with Crippen LogP contribution in [-0.4, -0.2) is 33.7 Å². The Hall–Kier alpha value is -3.43. The summed E-state index contributed by atoms with van der Waals surface area (Å²) in [6.45, 7) is -0.0666. The molecule has 3 rings (SSSR count). The molecule has 1 atom stereocenters. The van der Waals surface area contributed by atoms with Gasteiger partial charge in [-0.25, -0.2) is 4.79 Å². The number of hydrogen-bond donors (Lipinski definition) is 3. The summed E-state index contributed by atoms with van der Waals surface area (Å²) in [6, 6.07) is 6.80. The highest BCUT2D eigenvalue weighted by molar-refractivity contribution is 5.82. The van der Waals surface area contributed by atoms with Gasteiger partial charge in [0.05, 0.1) is 0 Å². The predicted molar refractivity (Wildman–Crippen MR) is 75.2 cm³/mol. The van der Waals surface area contributed by atoms with Crippen LogP contribution >= 0.6 is 0 Å². The van der Waals surface area contributed by atoms with Gasteiger partial charge in [-0.3, -0.25) is 19.6 Å². The first-order valence-corrected chi connectivity index (χ1v) is 6.44. The van der Waals surface area contributed by atoms with Crippen LogP contribution < -0.4 is 20.7 Å². The number of azo groups is 1. The maximum Gasteiger partial charge on any atom is 0.328 e. The van der Waals surface area contributed by atoms with Gasteiger partial charge < -0.3 is 14.6 Å². The van der Waals surface area contributed by atoms with Crippen LogP contribution in [0, 0.1) is 0 Å². The zero-order valence-corrected chi connectivity index (χ0v) is 11.5. The van der Waals surface area contributed by atoms with Crippen LogP contribution in [0.1, 0.15) is 0 Å².